The molecule has 0 bridgehead atoms. The number of hydrogen-bond donors (Lipinski definition) is 0. The van der Waals surface area contributed by atoms with Crippen LogP contribution in [0.25, 0.3) is 0 Å². The summed E-state index contributed by atoms with van der Waals surface area (Å²) in [5, 5.41) is -5.52. The van der Waals surface area contributed by atoms with Gasteiger partial charge in [0.25, 0.3) is 19.7 Å². The summed E-state index contributed by atoms with van der Waals surface area (Å²) in [5.41, 5.74) is -11.6. The second-order valence-corrected chi connectivity index (χ2v) is 7.98. The van der Waals surface area contributed by atoms with E-state index < -0.39 is 41.2 Å². The average Bonchev–Trinajstić information content (AvgIpc) is 2.11. The lowest BCUT2D eigenvalue weighted by molar-refractivity contribution is -0.0469. The van der Waals surface area contributed by atoms with Crippen molar-refractivity contribution in [2.24, 2.45) is 0 Å². The lowest BCUT2D eigenvalue weighted by Crippen LogP contribution is -2.45. The Bertz CT molecular complexity index is 451. The Morgan fingerprint density at radius 3 is 0.944 bits per heavy atom. The average molecular weight is 322 g/mol. The number of halogens is 6. The predicted octanol–water partition coefficient (Wildman–Crippen LogP) is 1.63. The summed E-state index contributed by atoms with van der Waals surface area (Å²) in [6.45, 7) is 0.521. The molecule has 2 atom stereocenters. The van der Waals surface area contributed by atoms with E-state index in [9.17, 15) is 43.2 Å². The zero-order valence-corrected chi connectivity index (χ0v) is 10.5. The van der Waals surface area contributed by atoms with Crippen LogP contribution in [0.3, 0.4) is 0 Å². The minimum Gasteiger partial charge on any atom is -0.219 e. The summed E-state index contributed by atoms with van der Waals surface area (Å²) in [6, 6.07) is 0. The molecule has 0 saturated carbocycles. The van der Waals surface area contributed by atoms with Gasteiger partial charge in [-0.05, 0) is 13.8 Å². The van der Waals surface area contributed by atoms with Crippen LogP contribution in [0.4, 0.5) is 26.3 Å². The molecule has 0 amide bonds. The maximum absolute atomic E-state index is 12.1. The van der Waals surface area contributed by atoms with Gasteiger partial charge >= 0.3 is 11.0 Å². The highest BCUT2D eigenvalue weighted by Crippen LogP contribution is 2.34. The zero-order valence-electron chi connectivity index (χ0n) is 8.87. The van der Waals surface area contributed by atoms with E-state index in [1.807, 2.05) is 0 Å². The van der Waals surface area contributed by atoms with Crippen LogP contribution < -0.4 is 0 Å². The van der Waals surface area contributed by atoms with Gasteiger partial charge in [-0.2, -0.15) is 26.3 Å². The Balaban J connectivity index is 5.62. The van der Waals surface area contributed by atoms with E-state index in [0.717, 1.165) is 0 Å². The largest absolute Gasteiger partial charge is 0.497 e. The van der Waals surface area contributed by atoms with Crippen LogP contribution in [-0.4, -0.2) is 38.4 Å². The SMILES string of the molecule is CC(C(C)S(=O)(=O)C(F)(F)F)S(=O)(=O)C(F)(F)F. The summed E-state index contributed by atoms with van der Waals surface area (Å²) in [4.78, 5) is 0. The van der Waals surface area contributed by atoms with Crippen LogP contribution in [0, 0.1) is 0 Å². The predicted molar refractivity (Wildman–Crippen MR) is 48.9 cm³/mol. The monoisotopic (exact) mass is 322 g/mol. The van der Waals surface area contributed by atoms with Gasteiger partial charge in [-0.1, -0.05) is 0 Å². The standard InChI is InChI=1S/C6H8F6O4S2/c1-3(17(13,14)5(7,8)9)4(2)18(15,16)6(10,11)12/h3-4H,1-2H3. The lowest BCUT2D eigenvalue weighted by Gasteiger charge is -2.22. The second kappa shape index (κ2) is 4.54. The topological polar surface area (TPSA) is 68.3 Å². The van der Waals surface area contributed by atoms with Crippen molar-refractivity contribution in [3.63, 3.8) is 0 Å². The molecule has 0 spiro atoms. The van der Waals surface area contributed by atoms with Gasteiger partial charge in [-0.15, -0.1) is 0 Å². The summed E-state index contributed by atoms with van der Waals surface area (Å²) >= 11 is 0. The van der Waals surface area contributed by atoms with Crippen molar-refractivity contribution in [3.05, 3.63) is 0 Å². The molecule has 0 heterocycles. The van der Waals surface area contributed by atoms with Crippen molar-refractivity contribution >= 4 is 19.7 Å². The molecule has 0 rings (SSSR count). The molecule has 0 N–H and O–H groups in total. The maximum Gasteiger partial charge on any atom is 0.497 e. The van der Waals surface area contributed by atoms with E-state index in [2.05, 4.69) is 0 Å². The molecule has 2 unspecified atom stereocenters. The van der Waals surface area contributed by atoms with Crippen molar-refractivity contribution in [2.45, 2.75) is 35.4 Å². The number of hydrogen-bond acceptors (Lipinski definition) is 4. The van der Waals surface area contributed by atoms with E-state index in [-0.39, 0.29) is 13.8 Å². The third-order valence-corrected chi connectivity index (χ3v) is 6.52. The Hall–Kier alpha value is -0.520. The quantitative estimate of drug-likeness (QED) is 0.741. The summed E-state index contributed by atoms with van der Waals surface area (Å²) < 4.78 is 116. The zero-order chi connectivity index (χ0) is 15.2. The fourth-order valence-corrected chi connectivity index (χ4v) is 3.66. The van der Waals surface area contributed by atoms with Crippen molar-refractivity contribution in [2.75, 3.05) is 0 Å². The number of sulfone groups is 2. The fraction of sp³-hybridized carbons (Fsp3) is 1.00. The van der Waals surface area contributed by atoms with Crippen LogP contribution in [0.15, 0.2) is 0 Å². The first-order valence-electron chi connectivity index (χ1n) is 4.17. The third-order valence-electron chi connectivity index (χ3n) is 2.29. The molecule has 18 heavy (non-hydrogen) atoms. The smallest absolute Gasteiger partial charge is 0.219 e. The first kappa shape index (κ1) is 17.5. The van der Waals surface area contributed by atoms with E-state index >= 15 is 0 Å². The van der Waals surface area contributed by atoms with Crippen LogP contribution >= 0.6 is 0 Å². The molecular weight excluding hydrogens is 314 g/mol. The summed E-state index contributed by atoms with van der Waals surface area (Å²) in [7, 11) is -12.0. The molecule has 110 valence electrons. The van der Waals surface area contributed by atoms with E-state index in [0.29, 0.717) is 0 Å². The van der Waals surface area contributed by atoms with Crippen molar-refractivity contribution < 1.29 is 43.2 Å². The second-order valence-electron chi connectivity index (χ2n) is 3.39. The molecule has 12 heteroatoms. The van der Waals surface area contributed by atoms with Gasteiger partial charge in [-0.3, -0.25) is 0 Å². The van der Waals surface area contributed by atoms with E-state index in [1.165, 1.54) is 0 Å². The first-order chi connectivity index (χ1) is 7.57. The minimum absolute atomic E-state index is 0.261. The van der Waals surface area contributed by atoms with Gasteiger partial charge in [0.2, 0.25) is 0 Å². The maximum atomic E-state index is 12.1. The number of alkyl halides is 6. The highest BCUT2D eigenvalue weighted by Gasteiger charge is 2.57. The molecule has 0 aromatic rings. The minimum atomic E-state index is -6.00. The molecule has 0 aromatic carbocycles. The Morgan fingerprint density at radius 1 is 0.667 bits per heavy atom. The van der Waals surface area contributed by atoms with E-state index in [1.54, 1.807) is 0 Å². The first-order valence-corrected chi connectivity index (χ1v) is 7.26. The van der Waals surface area contributed by atoms with Gasteiger partial charge in [-0.25, -0.2) is 16.8 Å². The molecule has 0 aromatic heterocycles. The lowest BCUT2D eigenvalue weighted by atomic mass is 10.4. The summed E-state index contributed by atoms with van der Waals surface area (Å²) in [5.74, 6) is 0. The highest BCUT2D eigenvalue weighted by molar-refractivity contribution is 7.96. The van der Waals surface area contributed by atoms with Gasteiger partial charge in [0.1, 0.15) is 0 Å². The van der Waals surface area contributed by atoms with Gasteiger partial charge in [0.05, 0.1) is 10.5 Å². The van der Waals surface area contributed by atoms with Crippen LogP contribution in [-0.2, 0) is 19.7 Å². The Labute approximate surface area is 98.8 Å². The Morgan fingerprint density at radius 2 is 0.833 bits per heavy atom. The molecule has 4 nitrogen and oxygen atoms in total. The van der Waals surface area contributed by atoms with E-state index in [4.69, 9.17) is 0 Å². The van der Waals surface area contributed by atoms with Crippen LogP contribution in [0.2, 0.25) is 0 Å². The van der Waals surface area contributed by atoms with Gasteiger partial charge in [0.15, 0.2) is 0 Å². The molecule has 0 aliphatic rings. The fourth-order valence-electron chi connectivity index (χ4n) is 0.926. The molecule has 0 aliphatic carbocycles. The molecule has 0 aliphatic heterocycles. The van der Waals surface area contributed by atoms with Gasteiger partial charge < -0.3 is 0 Å². The molecule has 0 fully saturated rings. The number of rotatable bonds is 3. The van der Waals surface area contributed by atoms with Crippen molar-refractivity contribution in [1.29, 1.82) is 0 Å². The van der Waals surface area contributed by atoms with Crippen molar-refractivity contribution in [1.82, 2.24) is 0 Å². The summed E-state index contributed by atoms with van der Waals surface area (Å²) in [6.07, 6.45) is 0. The van der Waals surface area contributed by atoms with Crippen LogP contribution in [0.5, 0.6) is 0 Å². The Kier molecular flexibility index (Phi) is 4.41. The van der Waals surface area contributed by atoms with Crippen LogP contribution in [0.1, 0.15) is 13.8 Å². The third kappa shape index (κ3) is 2.90. The van der Waals surface area contributed by atoms with Gasteiger partial charge in [0, 0.05) is 0 Å². The molecule has 0 radical (unpaired) electrons. The van der Waals surface area contributed by atoms with Crippen molar-refractivity contribution in [3.8, 4) is 0 Å². The normalized spacial score (nSPS) is 18.4. The molecule has 0 saturated heterocycles. The molecular formula is C6H8F6O4S2. The highest BCUT2D eigenvalue weighted by atomic mass is 32.2.